The van der Waals surface area contributed by atoms with Crippen molar-refractivity contribution in [1.29, 1.82) is 0 Å². The van der Waals surface area contributed by atoms with Crippen LogP contribution in [0.3, 0.4) is 0 Å². The van der Waals surface area contributed by atoms with Crippen LogP contribution < -0.4 is 10.4 Å². The Labute approximate surface area is 209 Å². The Morgan fingerprint density at radius 2 is 1.26 bits per heavy atom. The van der Waals surface area contributed by atoms with Crippen LogP contribution in [0.4, 0.5) is 0 Å². The summed E-state index contributed by atoms with van der Waals surface area (Å²) in [6, 6.07) is 21.9. The second kappa shape index (κ2) is 8.70. The van der Waals surface area contributed by atoms with E-state index in [-0.39, 0.29) is 34.0 Å². The van der Waals surface area contributed by atoms with Gasteiger partial charge in [-0.25, -0.2) is 0 Å². The minimum absolute atomic E-state index is 0.0311. The summed E-state index contributed by atoms with van der Waals surface area (Å²) in [5.74, 6) is 0. The van der Waals surface area contributed by atoms with Gasteiger partial charge in [0.25, 0.3) is 8.32 Å². The van der Waals surface area contributed by atoms with E-state index < -0.39 is 16.6 Å². The molecular formula is C29H44O3Si2. The first-order chi connectivity index (χ1) is 15.7. The molecule has 186 valence electrons. The molecule has 0 spiro atoms. The molecule has 2 aliphatic rings. The Kier molecular flexibility index (Phi) is 6.61. The lowest BCUT2D eigenvalue weighted by molar-refractivity contribution is 0.0368. The van der Waals surface area contributed by atoms with Gasteiger partial charge in [0.1, 0.15) is 5.60 Å². The standard InChI is InChI=1S/C29H44O3Si2/c1-27(2,3)33(8,9)32-26-21-22(20-25-29(26,7)30-25)31-34(28(4,5)6,23-16-12-10-13-17-23)24-18-14-11-15-19-24/h10-19,22,25-26H,20-21H2,1-9H3/t22-,25-,26-,29-/m1/s1. The molecule has 1 aliphatic carbocycles. The fourth-order valence-electron chi connectivity index (χ4n) is 5.38. The fourth-order valence-corrected chi connectivity index (χ4v) is 11.5. The smallest absolute Gasteiger partial charge is 0.261 e. The number of hydrogen-bond acceptors (Lipinski definition) is 3. The molecule has 0 aromatic heterocycles. The van der Waals surface area contributed by atoms with Crippen molar-refractivity contribution >= 4 is 27.0 Å². The highest BCUT2D eigenvalue weighted by atomic mass is 28.4. The van der Waals surface area contributed by atoms with Gasteiger partial charge < -0.3 is 13.6 Å². The monoisotopic (exact) mass is 496 g/mol. The van der Waals surface area contributed by atoms with Crippen molar-refractivity contribution in [2.24, 2.45) is 0 Å². The molecule has 1 heterocycles. The fraction of sp³-hybridized carbons (Fsp3) is 0.586. The van der Waals surface area contributed by atoms with Crippen molar-refractivity contribution in [3.05, 3.63) is 60.7 Å². The van der Waals surface area contributed by atoms with Gasteiger partial charge in [0.2, 0.25) is 0 Å². The number of hydrogen-bond donors (Lipinski definition) is 0. The first kappa shape index (κ1) is 25.8. The summed E-state index contributed by atoms with van der Waals surface area (Å²) in [5.41, 5.74) is -0.166. The first-order valence-corrected chi connectivity index (χ1v) is 17.7. The molecule has 1 saturated heterocycles. The second-order valence-corrected chi connectivity index (χ2v) is 22.0. The van der Waals surface area contributed by atoms with Crippen molar-refractivity contribution in [3.8, 4) is 0 Å². The predicted octanol–water partition coefficient (Wildman–Crippen LogP) is 6.27. The van der Waals surface area contributed by atoms with E-state index in [1.165, 1.54) is 10.4 Å². The summed E-state index contributed by atoms with van der Waals surface area (Å²) < 4.78 is 20.8. The lowest BCUT2D eigenvalue weighted by Crippen LogP contribution is -2.68. The topological polar surface area (TPSA) is 31.0 Å². The van der Waals surface area contributed by atoms with Gasteiger partial charge in [-0.15, -0.1) is 0 Å². The number of ether oxygens (including phenoxy) is 1. The Morgan fingerprint density at radius 1 is 0.765 bits per heavy atom. The van der Waals surface area contributed by atoms with E-state index in [4.69, 9.17) is 13.6 Å². The van der Waals surface area contributed by atoms with Crippen LogP contribution in [-0.4, -0.2) is 40.5 Å². The van der Waals surface area contributed by atoms with Gasteiger partial charge in [-0.3, -0.25) is 0 Å². The molecule has 3 nitrogen and oxygen atoms in total. The summed E-state index contributed by atoms with van der Waals surface area (Å²) in [6.45, 7) is 20.9. The van der Waals surface area contributed by atoms with E-state index in [1.54, 1.807) is 0 Å². The average molecular weight is 497 g/mol. The normalized spacial score (nSPS) is 27.9. The van der Waals surface area contributed by atoms with Crippen LogP contribution in [0.2, 0.25) is 23.2 Å². The zero-order valence-corrected chi connectivity index (χ0v) is 24.6. The molecule has 5 heteroatoms. The molecule has 1 aliphatic heterocycles. The maximum Gasteiger partial charge on any atom is 0.261 e. The third-order valence-electron chi connectivity index (χ3n) is 8.57. The highest BCUT2D eigenvalue weighted by Crippen LogP contribution is 2.52. The summed E-state index contributed by atoms with van der Waals surface area (Å²) in [5, 5.41) is 2.80. The Morgan fingerprint density at radius 3 is 1.71 bits per heavy atom. The Hall–Kier alpha value is -1.25. The summed E-state index contributed by atoms with van der Waals surface area (Å²) in [6.07, 6.45) is 2.25. The molecule has 1 saturated carbocycles. The van der Waals surface area contributed by atoms with E-state index in [0.717, 1.165) is 12.8 Å². The van der Waals surface area contributed by atoms with Crippen LogP contribution in [0, 0.1) is 0 Å². The third kappa shape index (κ3) is 4.50. The van der Waals surface area contributed by atoms with Crippen molar-refractivity contribution in [1.82, 2.24) is 0 Å². The molecule has 0 unspecified atom stereocenters. The molecule has 4 rings (SSSR count). The highest BCUT2D eigenvalue weighted by molar-refractivity contribution is 6.99. The van der Waals surface area contributed by atoms with Gasteiger partial charge in [0.15, 0.2) is 8.32 Å². The zero-order valence-electron chi connectivity index (χ0n) is 22.6. The summed E-state index contributed by atoms with van der Waals surface area (Å²) >= 11 is 0. The quantitative estimate of drug-likeness (QED) is 0.349. The molecule has 0 N–H and O–H groups in total. The van der Waals surface area contributed by atoms with Gasteiger partial charge in [-0.05, 0) is 40.5 Å². The van der Waals surface area contributed by atoms with Gasteiger partial charge in [0.05, 0.1) is 18.3 Å². The van der Waals surface area contributed by atoms with Crippen LogP contribution in [0.1, 0.15) is 61.3 Å². The molecule has 0 radical (unpaired) electrons. The zero-order chi connectivity index (χ0) is 25.0. The summed E-state index contributed by atoms with van der Waals surface area (Å²) in [7, 11) is -4.53. The minimum atomic E-state index is -2.60. The number of epoxide rings is 1. The first-order valence-electron chi connectivity index (χ1n) is 12.9. The van der Waals surface area contributed by atoms with Crippen LogP contribution in [0.15, 0.2) is 60.7 Å². The van der Waals surface area contributed by atoms with E-state index in [1.807, 2.05) is 0 Å². The van der Waals surface area contributed by atoms with Crippen LogP contribution in [-0.2, 0) is 13.6 Å². The van der Waals surface area contributed by atoms with Gasteiger partial charge in [0, 0.05) is 12.8 Å². The number of benzene rings is 2. The van der Waals surface area contributed by atoms with E-state index in [0.29, 0.717) is 0 Å². The molecule has 0 amide bonds. The van der Waals surface area contributed by atoms with Crippen LogP contribution in [0.5, 0.6) is 0 Å². The minimum Gasteiger partial charge on any atom is -0.411 e. The predicted molar refractivity (Wildman–Crippen MR) is 147 cm³/mol. The molecule has 34 heavy (non-hydrogen) atoms. The molecular weight excluding hydrogens is 452 g/mol. The third-order valence-corrected chi connectivity index (χ3v) is 18.2. The molecule has 0 bridgehead atoms. The second-order valence-electron chi connectivity index (χ2n) is 13.0. The van der Waals surface area contributed by atoms with Crippen molar-refractivity contribution in [2.75, 3.05) is 0 Å². The SMILES string of the molecule is CC(C)(C)[Si](C)(C)O[C@@H]1C[C@H](O[Si](c2ccccc2)(c2ccccc2)C(C)(C)C)C[C@H]2O[C@]21C. The van der Waals surface area contributed by atoms with Crippen molar-refractivity contribution in [2.45, 2.75) is 108 Å². The number of rotatable bonds is 6. The highest BCUT2D eigenvalue weighted by Gasteiger charge is 2.64. The summed E-state index contributed by atoms with van der Waals surface area (Å²) in [4.78, 5) is 0. The molecule has 2 aromatic rings. The molecule has 2 fully saturated rings. The Balaban J connectivity index is 1.71. The maximum absolute atomic E-state index is 7.48. The molecule has 2 aromatic carbocycles. The lowest BCUT2D eigenvalue weighted by Gasteiger charge is -2.47. The van der Waals surface area contributed by atoms with Crippen molar-refractivity contribution < 1.29 is 13.6 Å². The van der Waals surface area contributed by atoms with Crippen molar-refractivity contribution in [3.63, 3.8) is 0 Å². The van der Waals surface area contributed by atoms with Crippen LogP contribution >= 0.6 is 0 Å². The van der Waals surface area contributed by atoms with E-state index in [9.17, 15) is 0 Å². The van der Waals surface area contributed by atoms with E-state index >= 15 is 0 Å². The van der Waals surface area contributed by atoms with Gasteiger partial charge in [-0.2, -0.15) is 0 Å². The largest absolute Gasteiger partial charge is 0.411 e. The lowest BCUT2D eigenvalue weighted by atomic mass is 9.86. The van der Waals surface area contributed by atoms with Crippen LogP contribution in [0.25, 0.3) is 0 Å². The van der Waals surface area contributed by atoms with Gasteiger partial charge in [-0.1, -0.05) is 102 Å². The number of fused-ring (bicyclic) bond motifs is 1. The molecule has 4 atom stereocenters. The van der Waals surface area contributed by atoms with E-state index in [2.05, 4.69) is 122 Å². The average Bonchev–Trinajstić information content (AvgIpc) is 3.43. The Bertz CT molecular complexity index is 938. The maximum atomic E-state index is 7.48. The van der Waals surface area contributed by atoms with Gasteiger partial charge >= 0.3 is 0 Å².